The first-order chi connectivity index (χ1) is 22.2. The van der Waals surface area contributed by atoms with Gasteiger partial charge >= 0.3 is 0 Å². The molecule has 0 unspecified atom stereocenters. The van der Waals surface area contributed by atoms with Crippen LogP contribution in [0, 0.1) is 0 Å². The quantitative estimate of drug-likeness (QED) is 0.197. The molecule has 0 saturated heterocycles. The van der Waals surface area contributed by atoms with Crippen molar-refractivity contribution in [1.82, 2.24) is 9.55 Å². The summed E-state index contributed by atoms with van der Waals surface area (Å²) in [6.07, 6.45) is 1.75. The van der Waals surface area contributed by atoms with Gasteiger partial charge in [-0.05, 0) is 65.9 Å². The molecule has 0 N–H and O–H groups in total. The van der Waals surface area contributed by atoms with Gasteiger partial charge in [-0.15, -0.1) is 11.3 Å². The summed E-state index contributed by atoms with van der Waals surface area (Å²) in [5, 5.41) is 4.91. The van der Waals surface area contributed by atoms with Gasteiger partial charge in [0.25, 0.3) is 0 Å². The number of aryl methyl sites for hydroxylation is 2. The average molecular weight is 599 g/mol. The lowest BCUT2D eigenvalue weighted by atomic mass is 9.97. The van der Waals surface area contributed by atoms with E-state index in [1.165, 1.54) is 58.9 Å². The van der Waals surface area contributed by atoms with Crippen LogP contribution in [0.25, 0.3) is 81.3 Å². The zero-order valence-electron chi connectivity index (χ0n) is 25.2. The molecule has 0 aliphatic carbocycles. The third-order valence-corrected chi connectivity index (χ3v) is 10.4. The molecular formula is C41H30N2OS. The van der Waals surface area contributed by atoms with E-state index >= 15 is 0 Å². The van der Waals surface area contributed by atoms with Crippen molar-refractivity contribution in [1.29, 1.82) is 0 Å². The highest BCUT2D eigenvalue weighted by Gasteiger charge is 2.24. The molecule has 3 heterocycles. The van der Waals surface area contributed by atoms with Gasteiger partial charge in [-0.2, -0.15) is 0 Å². The third-order valence-electron chi connectivity index (χ3n) is 9.18. The Morgan fingerprint density at radius 2 is 1.47 bits per heavy atom. The van der Waals surface area contributed by atoms with Crippen LogP contribution in [0.5, 0.6) is 0 Å². The third kappa shape index (κ3) is 3.92. The van der Waals surface area contributed by atoms with Gasteiger partial charge in [-0.1, -0.05) is 98.8 Å². The second-order valence-corrected chi connectivity index (χ2v) is 12.7. The number of furan rings is 1. The Morgan fingerprint density at radius 1 is 0.667 bits per heavy atom. The van der Waals surface area contributed by atoms with Crippen LogP contribution >= 0.6 is 11.3 Å². The van der Waals surface area contributed by atoms with Crippen molar-refractivity contribution < 1.29 is 4.42 Å². The van der Waals surface area contributed by atoms with E-state index in [1.54, 1.807) is 0 Å². The lowest BCUT2D eigenvalue weighted by molar-refractivity contribution is 0.662. The molecule has 0 atom stereocenters. The highest BCUT2D eigenvalue weighted by atomic mass is 32.1. The van der Waals surface area contributed by atoms with Gasteiger partial charge in [0, 0.05) is 42.1 Å². The molecule has 3 aromatic heterocycles. The largest absolute Gasteiger partial charge is 0.456 e. The first-order valence-electron chi connectivity index (χ1n) is 15.7. The van der Waals surface area contributed by atoms with Crippen LogP contribution in [0.3, 0.4) is 0 Å². The first kappa shape index (κ1) is 26.2. The Balaban J connectivity index is 1.35. The van der Waals surface area contributed by atoms with Crippen LogP contribution in [0.15, 0.2) is 126 Å². The van der Waals surface area contributed by atoms with E-state index in [2.05, 4.69) is 134 Å². The summed E-state index contributed by atoms with van der Waals surface area (Å²) in [5.74, 6) is 0.969. The van der Waals surface area contributed by atoms with Crippen molar-refractivity contribution in [3.63, 3.8) is 0 Å². The Hall–Kier alpha value is -5.19. The van der Waals surface area contributed by atoms with Gasteiger partial charge in [0.1, 0.15) is 17.0 Å². The molecule has 0 aliphatic rings. The minimum atomic E-state index is 0.848. The zero-order valence-corrected chi connectivity index (χ0v) is 26.0. The number of hydrogen-bond donors (Lipinski definition) is 0. The summed E-state index contributed by atoms with van der Waals surface area (Å²) < 4.78 is 11.6. The van der Waals surface area contributed by atoms with Gasteiger partial charge in [-0.25, -0.2) is 4.98 Å². The second-order valence-electron chi connectivity index (χ2n) is 11.7. The lowest BCUT2D eigenvalue weighted by Gasteiger charge is -2.18. The van der Waals surface area contributed by atoms with E-state index in [1.807, 2.05) is 17.4 Å². The number of benzene rings is 6. The Bertz CT molecular complexity index is 2570. The molecule has 0 bridgehead atoms. The molecule has 3 nitrogen and oxygen atoms in total. The number of nitrogens with zero attached hydrogens (tertiary/aromatic N) is 2. The molecule has 9 aromatic rings. The number of hydrogen-bond acceptors (Lipinski definition) is 3. The predicted molar refractivity (Wildman–Crippen MR) is 191 cm³/mol. The van der Waals surface area contributed by atoms with E-state index in [-0.39, 0.29) is 0 Å². The first-order valence-corrected chi connectivity index (χ1v) is 16.5. The normalized spacial score (nSPS) is 12.0. The number of imidazole rings is 1. The number of rotatable bonds is 5. The van der Waals surface area contributed by atoms with Gasteiger partial charge in [-0.3, -0.25) is 4.57 Å². The van der Waals surface area contributed by atoms with Crippen LogP contribution in [0.4, 0.5) is 0 Å². The zero-order chi connectivity index (χ0) is 30.1. The van der Waals surface area contributed by atoms with Crippen LogP contribution in [0.1, 0.15) is 25.0 Å². The van der Waals surface area contributed by atoms with E-state index in [9.17, 15) is 0 Å². The maximum atomic E-state index is 6.60. The molecule has 0 aliphatic heterocycles. The molecule has 0 radical (unpaired) electrons. The number of thiophene rings is 1. The molecule has 4 heteroatoms. The highest BCUT2D eigenvalue weighted by molar-refractivity contribution is 7.26. The molecule has 0 amide bonds. The van der Waals surface area contributed by atoms with Crippen molar-refractivity contribution in [3.05, 3.63) is 132 Å². The fraction of sp³-hybridized carbons (Fsp3) is 0.0976. The fourth-order valence-electron chi connectivity index (χ4n) is 7.07. The maximum absolute atomic E-state index is 6.60. The fourth-order valence-corrected chi connectivity index (χ4v) is 8.32. The molecule has 0 fully saturated rings. The summed E-state index contributed by atoms with van der Waals surface area (Å²) in [5.41, 5.74) is 11.3. The lowest BCUT2D eigenvalue weighted by Crippen LogP contribution is -2.06. The van der Waals surface area contributed by atoms with E-state index in [0.717, 1.165) is 46.4 Å². The standard InChI is InChI=1S/C41H30N2OS/c1-3-25-23-33-29-15-8-11-20-36(29)44-39(33)28(4-2)38(25)43-35-19-10-9-18-34(35)42-41(43)32-17-12-16-31-30-22-21-27(24-37(30)45-40(31)32)26-13-6-5-7-14-26/h5-24H,3-4H2,1-2H3. The minimum absolute atomic E-state index is 0.848. The monoisotopic (exact) mass is 598 g/mol. The molecule has 6 aromatic carbocycles. The molecule has 216 valence electrons. The van der Waals surface area contributed by atoms with Crippen LogP contribution in [0.2, 0.25) is 0 Å². The topological polar surface area (TPSA) is 31.0 Å². The summed E-state index contributed by atoms with van der Waals surface area (Å²) >= 11 is 1.86. The second kappa shape index (κ2) is 10.2. The van der Waals surface area contributed by atoms with E-state index in [4.69, 9.17) is 9.40 Å². The SMILES string of the molecule is CCc1cc2c(oc3ccccc32)c(CC)c1-n1c(-c2cccc3c2sc2cc(-c4ccccc4)ccc23)nc2ccccc21. The molecule has 45 heavy (non-hydrogen) atoms. The Kier molecular flexibility index (Phi) is 5.94. The summed E-state index contributed by atoms with van der Waals surface area (Å²) in [6, 6.07) is 43.4. The maximum Gasteiger partial charge on any atom is 0.147 e. The number of aromatic nitrogens is 2. The van der Waals surface area contributed by atoms with Crippen molar-refractivity contribution in [2.75, 3.05) is 0 Å². The summed E-state index contributed by atoms with van der Waals surface area (Å²) in [7, 11) is 0. The number of para-hydroxylation sites is 3. The average Bonchev–Trinajstić information content (AvgIpc) is 3.78. The molecule has 9 rings (SSSR count). The van der Waals surface area contributed by atoms with E-state index in [0.29, 0.717) is 0 Å². The van der Waals surface area contributed by atoms with Crippen molar-refractivity contribution in [3.8, 4) is 28.2 Å². The van der Waals surface area contributed by atoms with Crippen molar-refractivity contribution >= 4 is 64.5 Å². The van der Waals surface area contributed by atoms with Gasteiger partial charge in [0.2, 0.25) is 0 Å². The Morgan fingerprint density at radius 3 is 2.33 bits per heavy atom. The van der Waals surface area contributed by atoms with Crippen LogP contribution in [-0.2, 0) is 12.8 Å². The van der Waals surface area contributed by atoms with Gasteiger partial charge in [0.05, 0.1) is 16.7 Å². The highest BCUT2D eigenvalue weighted by Crippen LogP contribution is 2.44. The molecule has 0 spiro atoms. The van der Waals surface area contributed by atoms with Crippen LogP contribution in [-0.4, -0.2) is 9.55 Å². The van der Waals surface area contributed by atoms with Crippen molar-refractivity contribution in [2.24, 2.45) is 0 Å². The van der Waals surface area contributed by atoms with Gasteiger partial charge < -0.3 is 4.42 Å². The summed E-state index contributed by atoms with van der Waals surface area (Å²) in [4.78, 5) is 5.36. The summed E-state index contributed by atoms with van der Waals surface area (Å²) in [6.45, 7) is 4.49. The van der Waals surface area contributed by atoms with Crippen molar-refractivity contribution in [2.45, 2.75) is 26.7 Å². The molecular weight excluding hydrogens is 569 g/mol. The smallest absolute Gasteiger partial charge is 0.147 e. The van der Waals surface area contributed by atoms with E-state index < -0.39 is 0 Å². The number of fused-ring (bicyclic) bond motifs is 7. The predicted octanol–water partition coefficient (Wildman–Crippen LogP) is 11.8. The van der Waals surface area contributed by atoms with Crippen LogP contribution < -0.4 is 0 Å². The Labute approximate surface area is 265 Å². The van der Waals surface area contributed by atoms with Gasteiger partial charge in [0.15, 0.2) is 0 Å². The molecule has 0 saturated carbocycles. The minimum Gasteiger partial charge on any atom is -0.456 e.